The maximum atomic E-state index is 12.0. The fraction of sp³-hybridized carbons (Fsp3) is 0.571. The lowest BCUT2D eigenvalue weighted by Crippen LogP contribution is -2.61. The summed E-state index contributed by atoms with van der Waals surface area (Å²) in [4.78, 5) is 2.34. The molecular weight excluding hydrogens is 276 g/mol. The van der Waals surface area contributed by atoms with Crippen molar-refractivity contribution in [3.05, 3.63) is 24.3 Å². The minimum Gasteiger partial charge on any atom is -0.386 e. The molecule has 1 aliphatic heterocycles. The highest BCUT2D eigenvalue weighted by Gasteiger charge is 2.40. The molecule has 0 unspecified atom stereocenters. The first-order valence-corrected chi connectivity index (χ1v) is 8.22. The first-order valence-electron chi connectivity index (χ1n) is 6.78. The Bertz CT molecular complexity index is 561. The van der Waals surface area contributed by atoms with Gasteiger partial charge in [0.2, 0.25) is 10.0 Å². The molecule has 0 amide bonds. The Morgan fingerprint density at radius 2 is 1.80 bits per heavy atom. The van der Waals surface area contributed by atoms with Crippen molar-refractivity contribution in [2.45, 2.75) is 30.3 Å². The van der Waals surface area contributed by atoms with E-state index in [4.69, 9.17) is 0 Å². The van der Waals surface area contributed by atoms with Gasteiger partial charge in [0.1, 0.15) is 0 Å². The second-order valence-corrected chi connectivity index (χ2v) is 7.76. The van der Waals surface area contributed by atoms with Crippen molar-refractivity contribution >= 4 is 15.7 Å². The number of hydrogen-bond donors (Lipinski definition) is 1. The molecule has 1 aliphatic rings. The first-order chi connectivity index (χ1) is 9.28. The van der Waals surface area contributed by atoms with Crippen molar-refractivity contribution in [3.63, 3.8) is 0 Å². The minimum absolute atomic E-state index is 0.288. The number of sulfonamides is 1. The van der Waals surface area contributed by atoms with Crippen LogP contribution in [0.4, 0.5) is 5.69 Å². The fourth-order valence-electron chi connectivity index (χ4n) is 2.51. The maximum absolute atomic E-state index is 12.0. The second-order valence-electron chi connectivity index (χ2n) is 5.61. The number of nitrogens with zero attached hydrogens (tertiary/aromatic N) is 2. The van der Waals surface area contributed by atoms with Gasteiger partial charge in [0.15, 0.2) is 0 Å². The third kappa shape index (κ3) is 2.82. The molecule has 112 valence electrons. The van der Waals surface area contributed by atoms with Crippen LogP contribution >= 0.6 is 0 Å². The number of aliphatic hydroxyl groups is 1. The number of benzene rings is 1. The van der Waals surface area contributed by atoms with Crippen LogP contribution in [-0.2, 0) is 10.0 Å². The highest BCUT2D eigenvalue weighted by Crippen LogP contribution is 2.31. The van der Waals surface area contributed by atoms with E-state index >= 15 is 0 Å². The molecule has 2 rings (SSSR count). The number of hydrogen-bond acceptors (Lipinski definition) is 4. The summed E-state index contributed by atoms with van der Waals surface area (Å²) >= 11 is 0. The Balaban J connectivity index is 2.08. The molecule has 1 N–H and O–H groups in total. The fourth-order valence-corrected chi connectivity index (χ4v) is 3.41. The quantitative estimate of drug-likeness (QED) is 0.890. The Morgan fingerprint density at radius 1 is 1.25 bits per heavy atom. The van der Waals surface area contributed by atoms with E-state index in [2.05, 4.69) is 11.8 Å². The van der Waals surface area contributed by atoms with E-state index in [1.165, 1.54) is 18.4 Å². The van der Waals surface area contributed by atoms with Crippen LogP contribution in [0.3, 0.4) is 0 Å². The molecule has 6 heteroatoms. The number of rotatable bonds is 5. The zero-order valence-electron chi connectivity index (χ0n) is 12.2. The van der Waals surface area contributed by atoms with Gasteiger partial charge in [-0.2, -0.15) is 0 Å². The highest BCUT2D eigenvalue weighted by atomic mass is 32.2. The van der Waals surface area contributed by atoms with Crippen LogP contribution in [0.15, 0.2) is 29.2 Å². The van der Waals surface area contributed by atoms with Crippen LogP contribution in [-0.4, -0.2) is 50.6 Å². The Hall–Kier alpha value is -1.11. The van der Waals surface area contributed by atoms with Crippen LogP contribution in [0.5, 0.6) is 0 Å². The molecule has 0 atom stereocenters. The summed E-state index contributed by atoms with van der Waals surface area (Å²) in [5.74, 6) is 0. The van der Waals surface area contributed by atoms with Gasteiger partial charge < -0.3 is 10.0 Å². The van der Waals surface area contributed by atoms with Gasteiger partial charge in [-0.15, -0.1) is 0 Å². The standard InChI is InChI=1S/C14H22N2O3S/c1-4-9-14(17)10-16(11-14)12-5-7-13(8-6-12)20(18,19)15(2)3/h5-8,17H,4,9-11H2,1-3H3. The third-order valence-corrected chi connectivity index (χ3v) is 5.50. The molecule has 1 fully saturated rings. The van der Waals surface area contributed by atoms with Gasteiger partial charge in [-0.25, -0.2) is 12.7 Å². The first kappa shape index (κ1) is 15.3. The van der Waals surface area contributed by atoms with Crippen molar-refractivity contribution in [1.29, 1.82) is 0 Å². The second kappa shape index (κ2) is 5.35. The van der Waals surface area contributed by atoms with Gasteiger partial charge >= 0.3 is 0 Å². The lowest BCUT2D eigenvalue weighted by atomic mass is 9.89. The summed E-state index contributed by atoms with van der Waals surface area (Å²) in [7, 11) is -0.339. The van der Waals surface area contributed by atoms with Crippen molar-refractivity contribution < 1.29 is 13.5 Å². The third-order valence-electron chi connectivity index (χ3n) is 3.67. The Kier molecular flexibility index (Phi) is 4.09. The van der Waals surface area contributed by atoms with Crippen LogP contribution in [0.2, 0.25) is 0 Å². The normalized spacial score (nSPS) is 18.1. The highest BCUT2D eigenvalue weighted by molar-refractivity contribution is 7.89. The van der Waals surface area contributed by atoms with Crippen LogP contribution < -0.4 is 4.90 Å². The van der Waals surface area contributed by atoms with Crippen molar-refractivity contribution in [1.82, 2.24) is 4.31 Å². The van der Waals surface area contributed by atoms with Crippen LogP contribution in [0, 0.1) is 0 Å². The predicted octanol–water partition coefficient (Wildman–Crippen LogP) is 1.29. The molecule has 1 saturated heterocycles. The van der Waals surface area contributed by atoms with Crippen molar-refractivity contribution in [2.24, 2.45) is 0 Å². The van der Waals surface area contributed by atoms with Gasteiger partial charge in [-0.05, 0) is 30.7 Å². The zero-order valence-corrected chi connectivity index (χ0v) is 13.0. The zero-order chi connectivity index (χ0) is 15.0. The summed E-state index contributed by atoms with van der Waals surface area (Å²) in [5.41, 5.74) is 0.367. The largest absolute Gasteiger partial charge is 0.386 e. The SMILES string of the molecule is CCCC1(O)CN(c2ccc(S(=O)(=O)N(C)C)cc2)C1. The molecule has 0 saturated carbocycles. The van der Waals surface area contributed by atoms with Gasteiger partial charge in [0.05, 0.1) is 10.5 Å². The van der Waals surface area contributed by atoms with Crippen LogP contribution in [0.25, 0.3) is 0 Å². The number of β-amino-alcohol motifs (C(OH)–C–C–N with tert-alkyl or cyclic N) is 1. The van der Waals surface area contributed by atoms with E-state index in [0.717, 1.165) is 18.5 Å². The smallest absolute Gasteiger partial charge is 0.242 e. The molecule has 20 heavy (non-hydrogen) atoms. The average Bonchev–Trinajstić information content (AvgIpc) is 2.36. The van der Waals surface area contributed by atoms with Gasteiger partial charge in [0, 0.05) is 32.9 Å². The molecule has 1 aromatic carbocycles. The van der Waals surface area contributed by atoms with Crippen molar-refractivity contribution in [3.8, 4) is 0 Å². The summed E-state index contributed by atoms with van der Waals surface area (Å²) < 4.78 is 25.1. The van der Waals surface area contributed by atoms with E-state index < -0.39 is 15.6 Å². The monoisotopic (exact) mass is 298 g/mol. The summed E-state index contributed by atoms with van der Waals surface area (Å²) in [6.45, 7) is 3.28. The molecule has 1 aromatic rings. The molecule has 5 nitrogen and oxygen atoms in total. The van der Waals surface area contributed by atoms with E-state index in [9.17, 15) is 13.5 Å². The molecule has 0 aliphatic carbocycles. The average molecular weight is 298 g/mol. The summed E-state index contributed by atoms with van der Waals surface area (Å²) in [5, 5.41) is 10.2. The minimum atomic E-state index is -3.37. The van der Waals surface area contributed by atoms with E-state index in [0.29, 0.717) is 13.1 Å². The molecule has 0 aromatic heterocycles. The summed E-state index contributed by atoms with van der Waals surface area (Å²) in [6.07, 6.45) is 1.76. The summed E-state index contributed by atoms with van der Waals surface area (Å²) in [6, 6.07) is 6.81. The van der Waals surface area contributed by atoms with E-state index in [-0.39, 0.29) is 4.90 Å². The Morgan fingerprint density at radius 3 is 2.25 bits per heavy atom. The molecule has 1 heterocycles. The lowest BCUT2D eigenvalue weighted by molar-refractivity contribution is 0.00339. The molecule has 0 spiro atoms. The molecule has 0 bridgehead atoms. The number of anilines is 1. The van der Waals surface area contributed by atoms with Crippen molar-refractivity contribution in [2.75, 3.05) is 32.1 Å². The Labute approximate surface area is 120 Å². The topological polar surface area (TPSA) is 60.9 Å². The molecule has 0 radical (unpaired) electrons. The van der Waals surface area contributed by atoms with Gasteiger partial charge in [-0.3, -0.25) is 0 Å². The predicted molar refractivity (Wildman–Crippen MR) is 79.4 cm³/mol. The molecular formula is C14H22N2O3S. The van der Waals surface area contributed by atoms with E-state index in [1.54, 1.807) is 24.3 Å². The lowest BCUT2D eigenvalue weighted by Gasteiger charge is -2.48. The van der Waals surface area contributed by atoms with Crippen LogP contribution in [0.1, 0.15) is 19.8 Å². The van der Waals surface area contributed by atoms with E-state index in [1.807, 2.05) is 0 Å². The maximum Gasteiger partial charge on any atom is 0.242 e. The van der Waals surface area contributed by atoms with Gasteiger partial charge in [0.25, 0.3) is 0 Å². The van der Waals surface area contributed by atoms with Gasteiger partial charge in [-0.1, -0.05) is 13.3 Å².